The van der Waals surface area contributed by atoms with Crippen molar-refractivity contribution in [1.82, 2.24) is 15.5 Å². The Kier molecular flexibility index (Phi) is 12.3. The third-order valence-corrected chi connectivity index (χ3v) is 9.72. The number of rotatable bonds is 16. The summed E-state index contributed by atoms with van der Waals surface area (Å²) in [7, 11) is -3.69. The van der Waals surface area contributed by atoms with Gasteiger partial charge in [-0.15, -0.1) is 13.2 Å². The standard InChI is InChI=1S/C28H48N3O7P/c1-8-12-13-14-15-17-22(29-26(34)38-27(5,6)7)25(33)31-19-16-18-23(31)24(32)30-28(20-21(28)9-2)39(35,36-10-3)37-11-4/h8-9,21-23H,1-2,10-20H2,3-7H3,(H,29,34)(H,30,32)/t21-,22+,23+,28+/m1/s1. The van der Waals surface area contributed by atoms with Crippen LogP contribution in [0.4, 0.5) is 4.79 Å². The zero-order valence-corrected chi connectivity index (χ0v) is 25.2. The summed E-state index contributed by atoms with van der Waals surface area (Å²) in [5.41, 5.74) is -0.715. The minimum absolute atomic E-state index is 0.164. The molecule has 0 bridgehead atoms. The molecule has 3 amide bonds. The topological polar surface area (TPSA) is 123 Å². The Balaban J connectivity index is 2.20. The van der Waals surface area contributed by atoms with Crippen LogP contribution in [0.25, 0.3) is 0 Å². The van der Waals surface area contributed by atoms with Crippen LogP contribution in [0, 0.1) is 5.92 Å². The number of hydrogen-bond donors (Lipinski definition) is 2. The Morgan fingerprint density at radius 3 is 2.33 bits per heavy atom. The smallest absolute Gasteiger partial charge is 0.408 e. The van der Waals surface area contributed by atoms with Crippen LogP contribution in [0.5, 0.6) is 0 Å². The third-order valence-electron chi connectivity index (χ3n) is 6.92. The first-order chi connectivity index (χ1) is 18.4. The van der Waals surface area contributed by atoms with Gasteiger partial charge in [-0.2, -0.15) is 0 Å². The molecule has 1 heterocycles. The first kappa shape index (κ1) is 33.0. The Bertz CT molecular complexity index is 925. The molecule has 4 atom stereocenters. The van der Waals surface area contributed by atoms with Gasteiger partial charge < -0.3 is 29.3 Å². The molecule has 39 heavy (non-hydrogen) atoms. The van der Waals surface area contributed by atoms with E-state index in [1.807, 2.05) is 6.08 Å². The zero-order valence-electron chi connectivity index (χ0n) is 24.3. The lowest BCUT2D eigenvalue weighted by Gasteiger charge is -2.32. The van der Waals surface area contributed by atoms with E-state index < -0.39 is 42.6 Å². The quantitative estimate of drug-likeness (QED) is 0.147. The van der Waals surface area contributed by atoms with Gasteiger partial charge in [-0.3, -0.25) is 14.2 Å². The lowest BCUT2D eigenvalue weighted by atomic mass is 10.1. The number of unbranched alkanes of at least 4 members (excludes halogenated alkanes) is 3. The highest BCUT2D eigenvalue weighted by Gasteiger charge is 2.68. The van der Waals surface area contributed by atoms with E-state index in [9.17, 15) is 18.9 Å². The number of hydrogen-bond acceptors (Lipinski definition) is 7. The second kappa shape index (κ2) is 14.5. The molecule has 0 spiro atoms. The molecule has 10 nitrogen and oxygen atoms in total. The summed E-state index contributed by atoms with van der Waals surface area (Å²) in [5, 5.41) is 4.48. The fraction of sp³-hybridized carbons (Fsp3) is 0.750. The highest BCUT2D eigenvalue weighted by atomic mass is 31.2. The lowest BCUT2D eigenvalue weighted by Crippen LogP contribution is -2.55. The maximum Gasteiger partial charge on any atom is 0.408 e. The van der Waals surface area contributed by atoms with E-state index in [-0.39, 0.29) is 25.0 Å². The fourth-order valence-electron chi connectivity index (χ4n) is 5.01. The van der Waals surface area contributed by atoms with Gasteiger partial charge in [-0.1, -0.05) is 25.0 Å². The number of ether oxygens (including phenoxy) is 1. The number of carbonyl (C=O) groups is 3. The van der Waals surface area contributed by atoms with Crippen molar-refractivity contribution in [3.8, 4) is 0 Å². The van der Waals surface area contributed by atoms with Crippen molar-refractivity contribution in [1.29, 1.82) is 0 Å². The Morgan fingerprint density at radius 1 is 1.13 bits per heavy atom. The van der Waals surface area contributed by atoms with E-state index >= 15 is 0 Å². The van der Waals surface area contributed by atoms with Crippen molar-refractivity contribution in [3.63, 3.8) is 0 Å². The normalized spacial score (nSPS) is 23.6. The minimum atomic E-state index is -3.69. The molecule has 2 N–H and O–H groups in total. The van der Waals surface area contributed by atoms with Gasteiger partial charge in [0.15, 0.2) is 0 Å². The van der Waals surface area contributed by atoms with Gasteiger partial charge in [0.1, 0.15) is 23.0 Å². The Hall–Kier alpha value is -2.16. The van der Waals surface area contributed by atoms with Crippen molar-refractivity contribution in [2.45, 2.75) is 109 Å². The van der Waals surface area contributed by atoms with E-state index in [2.05, 4.69) is 23.8 Å². The molecular weight excluding hydrogens is 521 g/mol. The molecule has 2 fully saturated rings. The second-order valence-corrected chi connectivity index (χ2v) is 13.4. The molecule has 2 rings (SSSR count). The second-order valence-electron chi connectivity index (χ2n) is 11.1. The van der Waals surface area contributed by atoms with Crippen molar-refractivity contribution in [3.05, 3.63) is 25.3 Å². The molecule has 0 unspecified atom stereocenters. The number of allylic oxidation sites excluding steroid dienone is 1. The first-order valence-electron chi connectivity index (χ1n) is 14.1. The van der Waals surface area contributed by atoms with Crippen LogP contribution in [0.15, 0.2) is 25.3 Å². The van der Waals surface area contributed by atoms with Gasteiger partial charge in [0, 0.05) is 12.5 Å². The number of amides is 3. The van der Waals surface area contributed by atoms with E-state index in [1.165, 1.54) is 4.90 Å². The highest BCUT2D eigenvalue weighted by Crippen LogP contribution is 2.72. The van der Waals surface area contributed by atoms with Crippen LogP contribution in [-0.4, -0.2) is 65.5 Å². The van der Waals surface area contributed by atoms with Gasteiger partial charge in [-0.05, 0) is 73.1 Å². The van der Waals surface area contributed by atoms with E-state index in [1.54, 1.807) is 40.7 Å². The average Bonchev–Trinajstić information content (AvgIpc) is 3.35. The SMILES string of the molecule is C=CCCCCC[C@H](NC(=O)OC(C)(C)C)C(=O)N1CCC[C@H]1C(=O)N[C@]1(P(=O)(OCC)OCC)C[C@H]1C=C. The molecule has 11 heteroatoms. The van der Waals surface area contributed by atoms with Crippen molar-refractivity contribution >= 4 is 25.5 Å². The van der Waals surface area contributed by atoms with Crippen molar-refractivity contribution in [2.24, 2.45) is 5.92 Å². The summed E-state index contributed by atoms with van der Waals surface area (Å²) in [6.07, 6.45) is 8.15. The van der Waals surface area contributed by atoms with Gasteiger partial charge in [0.25, 0.3) is 0 Å². The number of carbonyl (C=O) groups excluding carboxylic acids is 3. The minimum Gasteiger partial charge on any atom is -0.444 e. The van der Waals surface area contributed by atoms with Crippen molar-refractivity contribution in [2.75, 3.05) is 19.8 Å². The van der Waals surface area contributed by atoms with Gasteiger partial charge in [0.2, 0.25) is 11.8 Å². The molecule has 0 aromatic heterocycles. The predicted octanol–water partition coefficient (Wildman–Crippen LogP) is 5.29. The first-order valence-corrected chi connectivity index (χ1v) is 15.7. The highest BCUT2D eigenvalue weighted by molar-refractivity contribution is 7.56. The molecule has 1 aliphatic heterocycles. The van der Waals surface area contributed by atoms with E-state index in [4.69, 9.17) is 13.8 Å². The Labute approximate surface area is 233 Å². The summed E-state index contributed by atoms with van der Waals surface area (Å²) in [6, 6.07) is -1.59. The van der Waals surface area contributed by atoms with Gasteiger partial charge >= 0.3 is 13.7 Å². The monoisotopic (exact) mass is 569 g/mol. The maximum atomic E-state index is 13.7. The van der Waals surface area contributed by atoms with Crippen LogP contribution >= 0.6 is 7.60 Å². The van der Waals surface area contributed by atoms with Crippen LogP contribution in [0.2, 0.25) is 0 Å². The molecule has 1 saturated heterocycles. The summed E-state index contributed by atoms with van der Waals surface area (Å²) in [5.74, 6) is -1.01. The van der Waals surface area contributed by atoms with Crippen LogP contribution < -0.4 is 10.6 Å². The molecule has 1 saturated carbocycles. The van der Waals surface area contributed by atoms with E-state index in [0.717, 1.165) is 25.7 Å². The fourth-order valence-corrected chi connectivity index (χ4v) is 7.40. The lowest BCUT2D eigenvalue weighted by molar-refractivity contribution is -0.140. The Morgan fingerprint density at radius 2 is 1.79 bits per heavy atom. The summed E-state index contributed by atoms with van der Waals surface area (Å²) >= 11 is 0. The maximum absolute atomic E-state index is 13.7. The third kappa shape index (κ3) is 8.66. The molecule has 0 aromatic carbocycles. The number of alkyl carbamates (subject to hydrolysis) is 1. The van der Waals surface area contributed by atoms with E-state index in [0.29, 0.717) is 32.2 Å². The summed E-state index contributed by atoms with van der Waals surface area (Å²) in [4.78, 5) is 41.4. The average molecular weight is 570 g/mol. The number of likely N-dealkylation sites (tertiary alicyclic amines) is 1. The largest absolute Gasteiger partial charge is 0.444 e. The summed E-state index contributed by atoms with van der Waals surface area (Å²) < 4.78 is 30.3. The number of nitrogens with one attached hydrogen (secondary N) is 2. The molecule has 0 radical (unpaired) electrons. The van der Waals surface area contributed by atoms with Gasteiger partial charge in [-0.25, -0.2) is 4.79 Å². The zero-order chi connectivity index (χ0) is 29.3. The molecule has 0 aromatic rings. The van der Waals surface area contributed by atoms with Crippen molar-refractivity contribution < 1.29 is 32.7 Å². The molecule has 1 aliphatic carbocycles. The molecular formula is C28H48N3O7P. The van der Waals surface area contributed by atoms with Gasteiger partial charge in [0.05, 0.1) is 13.2 Å². The summed E-state index contributed by atoms with van der Waals surface area (Å²) in [6.45, 7) is 17.0. The number of nitrogens with zero attached hydrogens (tertiary/aromatic N) is 1. The molecule has 2 aliphatic rings. The van der Waals surface area contributed by atoms with Crippen LogP contribution in [0.3, 0.4) is 0 Å². The molecule has 222 valence electrons. The van der Waals surface area contributed by atoms with Crippen LogP contribution in [-0.2, 0) is 27.9 Å². The van der Waals surface area contributed by atoms with Crippen LogP contribution in [0.1, 0.15) is 86.0 Å². The predicted molar refractivity (Wildman–Crippen MR) is 151 cm³/mol.